The molecule has 0 fully saturated rings. The molecule has 0 amide bonds. The molecule has 0 spiro atoms. The lowest BCUT2D eigenvalue weighted by molar-refractivity contribution is 1.20. The maximum absolute atomic E-state index is 4.39. The predicted octanol–water partition coefficient (Wildman–Crippen LogP) is 2.79. The fraction of sp³-hybridized carbons (Fsp3) is 0. The molecule has 4 aromatic rings. The molecular formula is C12H6N4S. The molecule has 0 aliphatic heterocycles. The Hall–Kier alpha value is -2.14. The third-order valence-electron chi connectivity index (χ3n) is 2.85. The maximum atomic E-state index is 4.39. The van der Waals surface area contributed by atoms with Crippen LogP contribution in [0.15, 0.2) is 36.7 Å². The summed E-state index contributed by atoms with van der Waals surface area (Å²) in [6, 6.07) is 8.12. The topological polar surface area (TPSA) is 51.6 Å². The minimum atomic E-state index is 0.905. The Balaban J connectivity index is 2.34. The molecule has 2 aromatic carbocycles. The van der Waals surface area contributed by atoms with Crippen LogP contribution in [0.3, 0.4) is 0 Å². The van der Waals surface area contributed by atoms with Crippen molar-refractivity contribution in [3.63, 3.8) is 0 Å². The van der Waals surface area contributed by atoms with Gasteiger partial charge in [0.05, 0.1) is 15.7 Å². The molecule has 80 valence electrons. The second-order valence-electron chi connectivity index (χ2n) is 3.77. The maximum Gasteiger partial charge on any atom is 0.113 e. The van der Waals surface area contributed by atoms with Gasteiger partial charge in [-0.2, -0.15) is 0 Å². The summed E-state index contributed by atoms with van der Waals surface area (Å²) in [5.74, 6) is 0. The Kier molecular flexibility index (Phi) is 1.67. The minimum Gasteiger partial charge on any atom is -0.253 e. The summed E-state index contributed by atoms with van der Waals surface area (Å²) in [4.78, 5) is 8.70. The van der Waals surface area contributed by atoms with Crippen molar-refractivity contribution in [3.05, 3.63) is 36.7 Å². The van der Waals surface area contributed by atoms with Crippen LogP contribution in [0.2, 0.25) is 0 Å². The molecule has 0 radical (unpaired) electrons. The van der Waals surface area contributed by atoms with Gasteiger partial charge in [-0.05, 0) is 29.7 Å². The van der Waals surface area contributed by atoms with E-state index in [4.69, 9.17) is 0 Å². The van der Waals surface area contributed by atoms with E-state index in [1.54, 1.807) is 12.4 Å². The lowest BCUT2D eigenvalue weighted by Gasteiger charge is -2.01. The van der Waals surface area contributed by atoms with E-state index in [1.165, 1.54) is 11.5 Å². The molecule has 0 unspecified atom stereocenters. The predicted molar refractivity (Wildman–Crippen MR) is 68.0 cm³/mol. The van der Waals surface area contributed by atoms with Crippen molar-refractivity contribution in [2.24, 2.45) is 0 Å². The van der Waals surface area contributed by atoms with Gasteiger partial charge in [-0.15, -0.1) is 5.10 Å². The molecular weight excluding hydrogens is 232 g/mol. The third-order valence-corrected chi connectivity index (χ3v) is 3.54. The third kappa shape index (κ3) is 1.17. The Morgan fingerprint density at radius 2 is 1.65 bits per heavy atom. The van der Waals surface area contributed by atoms with E-state index < -0.39 is 0 Å². The molecule has 0 bridgehead atoms. The molecule has 0 saturated heterocycles. The zero-order valence-corrected chi connectivity index (χ0v) is 9.48. The van der Waals surface area contributed by atoms with Crippen LogP contribution in [0.25, 0.3) is 32.0 Å². The molecule has 0 saturated carbocycles. The Morgan fingerprint density at radius 3 is 2.65 bits per heavy atom. The van der Waals surface area contributed by atoms with Crippen molar-refractivity contribution in [1.82, 2.24) is 19.6 Å². The van der Waals surface area contributed by atoms with Crippen LogP contribution in [0.4, 0.5) is 0 Å². The van der Waals surface area contributed by atoms with Crippen molar-refractivity contribution in [2.75, 3.05) is 0 Å². The van der Waals surface area contributed by atoms with Gasteiger partial charge in [0.2, 0.25) is 0 Å². The molecule has 0 aliphatic carbocycles. The summed E-state index contributed by atoms with van der Waals surface area (Å²) in [5, 5.41) is 6.34. The molecule has 2 aromatic heterocycles. The molecule has 0 atom stereocenters. The first-order valence-corrected chi connectivity index (χ1v) is 5.95. The van der Waals surface area contributed by atoms with Gasteiger partial charge >= 0.3 is 0 Å². The van der Waals surface area contributed by atoms with Gasteiger partial charge in [-0.25, -0.2) is 0 Å². The van der Waals surface area contributed by atoms with Crippen LogP contribution in [-0.2, 0) is 0 Å². The summed E-state index contributed by atoms with van der Waals surface area (Å²) in [6.07, 6.45) is 3.42. The zero-order chi connectivity index (χ0) is 11.2. The highest BCUT2D eigenvalue weighted by atomic mass is 32.1. The smallest absolute Gasteiger partial charge is 0.113 e. The normalized spacial score (nSPS) is 11.5. The van der Waals surface area contributed by atoms with E-state index in [2.05, 4.69) is 25.6 Å². The Morgan fingerprint density at radius 1 is 0.824 bits per heavy atom. The van der Waals surface area contributed by atoms with Crippen LogP contribution in [0.1, 0.15) is 0 Å². The van der Waals surface area contributed by atoms with Crippen molar-refractivity contribution < 1.29 is 0 Å². The van der Waals surface area contributed by atoms with Gasteiger partial charge in [-0.3, -0.25) is 9.97 Å². The van der Waals surface area contributed by atoms with E-state index in [1.807, 2.05) is 18.2 Å². The van der Waals surface area contributed by atoms with Crippen molar-refractivity contribution in [2.45, 2.75) is 0 Å². The van der Waals surface area contributed by atoms with Crippen LogP contribution in [0.5, 0.6) is 0 Å². The van der Waals surface area contributed by atoms with E-state index in [0.29, 0.717) is 0 Å². The number of benzene rings is 2. The Bertz CT molecular complexity index is 853. The molecule has 4 rings (SSSR count). The largest absolute Gasteiger partial charge is 0.253 e. The number of hydrogen-bond donors (Lipinski definition) is 0. The number of fused-ring (bicyclic) bond motifs is 5. The molecule has 17 heavy (non-hydrogen) atoms. The first-order valence-electron chi connectivity index (χ1n) is 5.18. The molecule has 2 heterocycles. The highest BCUT2D eigenvalue weighted by Gasteiger charge is 2.07. The van der Waals surface area contributed by atoms with Gasteiger partial charge in [0.25, 0.3) is 0 Å². The van der Waals surface area contributed by atoms with Crippen LogP contribution < -0.4 is 0 Å². The summed E-state index contributed by atoms with van der Waals surface area (Å²) < 4.78 is 5.09. The lowest BCUT2D eigenvalue weighted by Crippen LogP contribution is -1.84. The molecule has 5 heteroatoms. The number of aromatic nitrogens is 4. The molecule has 0 N–H and O–H groups in total. The standard InChI is InChI=1S/C12H6N4S/c1-3-9-11(14-6-5-13-9)7-2-4-10-12(8(1)7)15-16-17-10/h1-6H. The molecule has 0 aliphatic rings. The number of rotatable bonds is 0. The Labute approximate surface area is 100 Å². The van der Waals surface area contributed by atoms with Gasteiger partial charge in [0.1, 0.15) is 5.52 Å². The summed E-state index contributed by atoms with van der Waals surface area (Å²) in [7, 11) is 0. The van der Waals surface area contributed by atoms with Crippen molar-refractivity contribution in [3.8, 4) is 0 Å². The first-order chi connectivity index (χ1) is 8.43. The fourth-order valence-electron chi connectivity index (χ4n) is 2.09. The van der Waals surface area contributed by atoms with E-state index in [0.717, 1.165) is 32.0 Å². The van der Waals surface area contributed by atoms with Crippen molar-refractivity contribution >= 4 is 43.6 Å². The van der Waals surface area contributed by atoms with E-state index in [9.17, 15) is 0 Å². The van der Waals surface area contributed by atoms with Crippen LogP contribution in [-0.4, -0.2) is 19.6 Å². The van der Waals surface area contributed by atoms with Crippen molar-refractivity contribution in [1.29, 1.82) is 0 Å². The zero-order valence-electron chi connectivity index (χ0n) is 8.66. The highest BCUT2D eigenvalue weighted by Crippen LogP contribution is 2.29. The average molecular weight is 238 g/mol. The monoisotopic (exact) mass is 238 g/mol. The SMILES string of the molecule is c1cnc2c(ccc3c2ccc2snnc23)n1. The van der Waals surface area contributed by atoms with Gasteiger partial charge < -0.3 is 0 Å². The van der Waals surface area contributed by atoms with Gasteiger partial charge in [0.15, 0.2) is 0 Å². The van der Waals surface area contributed by atoms with Crippen LogP contribution in [0, 0.1) is 0 Å². The first kappa shape index (κ1) is 8.95. The second-order valence-corrected chi connectivity index (χ2v) is 4.56. The van der Waals surface area contributed by atoms with Gasteiger partial charge in [0, 0.05) is 23.2 Å². The number of nitrogens with zero attached hydrogens (tertiary/aromatic N) is 4. The summed E-state index contributed by atoms with van der Waals surface area (Å²) >= 11 is 1.41. The minimum absolute atomic E-state index is 0.905. The quantitative estimate of drug-likeness (QED) is 0.442. The number of hydrogen-bond acceptors (Lipinski definition) is 5. The van der Waals surface area contributed by atoms with Gasteiger partial charge in [-0.1, -0.05) is 10.6 Å². The van der Waals surface area contributed by atoms with E-state index >= 15 is 0 Å². The molecule has 4 nitrogen and oxygen atoms in total. The lowest BCUT2D eigenvalue weighted by atomic mass is 10.1. The fourth-order valence-corrected chi connectivity index (χ4v) is 2.66. The van der Waals surface area contributed by atoms with Crippen LogP contribution >= 0.6 is 11.5 Å². The highest BCUT2D eigenvalue weighted by molar-refractivity contribution is 7.13. The average Bonchev–Trinajstić information content (AvgIpc) is 2.86. The second kappa shape index (κ2) is 3.18. The summed E-state index contributed by atoms with van der Waals surface area (Å²) in [6.45, 7) is 0. The van der Waals surface area contributed by atoms with E-state index in [-0.39, 0.29) is 0 Å². The summed E-state index contributed by atoms with van der Waals surface area (Å²) in [5.41, 5.74) is 2.77.